The van der Waals surface area contributed by atoms with E-state index in [4.69, 9.17) is 10.5 Å². The molecule has 4 nitrogen and oxygen atoms in total. The van der Waals surface area contributed by atoms with Crippen LogP contribution in [-0.2, 0) is 9.53 Å². The largest absolute Gasteiger partial charge is 0.376 e. The summed E-state index contributed by atoms with van der Waals surface area (Å²) in [5, 5.41) is 2.94. The van der Waals surface area contributed by atoms with Gasteiger partial charge in [-0.2, -0.15) is 0 Å². The summed E-state index contributed by atoms with van der Waals surface area (Å²) in [6.45, 7) is 0.780. The maximum atomic E-state index is 11.5. The van der Waals surface area contributed by atoms with Crippen LogP contribution in [0.4, 0.5) is 0 Å². The molecule has 0 bridgehead atoms. The average Bonchev–Trinajstić information content (AvgIpc) is 2.90. The first-order valence-corrected chi connectivity index (χ1v) is 5.97. The van der Waals surface area contributed by atoms with Crippen molar-refractivity contribution >= 4 is 5.91 Å². The first-order chi connectivity index (χ1) is 8.31. The summed E-state index contributed by atoms with van der Waals surface area (Å²) in [4.78, 5) is 11.5. The Morgan fingerprint density at radius 3 is 2.82 bits per heavy atom. The maximum Gasteiger partial charge on any atom is 0.234 e. The zero-order valence-electron chi connectivity index (χ0n) is 9.76. The molecule has 2 rings (SSSR count). The molecular weight excluding hydrogens is 216 g/mol. The second-order valence-electron chi connectivity index (χ2n) is 4.21. The highest BCUT2D eigenvalue weighted by Crippen LogP contribution is 2.26. The number of benzene rings is 1. The lowest BCUT2D eigenvalue weighted by Gasteiger charge is -2.24. The van der Waals surface area contributed by atoms with Gasteiger partial charge in [-0.25, -0.2) is 0 Å². The molecule has 1 heterocycles. The number of nitrogens with one attached hydrogen (secondary N) is 1. The molecule has 0 aromatic heterocycles. The van der Waals surface area contributed by atoms with Crippen molar-refractivity contribution in [3.63, 3.8) is 0 Å². The molecule has 0 spiro atoms. The first kappa shape index (κ1) is 12.1. The Hall–Kier alpha value is -1.39. The molecule has 1 aromatic rings. The highest BCUT2D eigenvalue weighted by molar-refractivity contribution is 5.78. The van der Waals surface area contributed by atoms with Crippen LogP contribution in [0.15, 0.2) is 30.3 Å². The predicted octanol–water partition coefficient (Wildman–Crippen LogP) is 0.982. The van der Waals surface area contributed by atoms with E-state index in [2.05, 4.69) is 5.32 Å². The van der Waals surface area contributed by atoms with E-state index >= 15 is 0 Å². The van der Waals surface area contributed by atoms with Gasteiger partial charge in [0.15, 0.2) is 0 Å². The molecule has 17 heavy (non-hydrogen) atoms. The number of hydrogen-bond donors (Lipinski definition) is 2. The average molecular weight is 234 g/mol. The number of nitrogens with two attached hydrogens (primary N) is 1. The fourth-order valence-electron chi connectivity index (χ4n) is 2.15. The third-order valence-corrected chi connectivity index (χ3v) is 3.00. The fourth-order valence-corrected chi connectivity index (χ4v) is 2.15. The molecule has 0 radical (unpaired) electrons. The van der Waals surface area contributed by atoms with Gasteiger partial charge in [0.2, 0.25) is 5.91 Å². The van der Waals surface area contributed by atoms with Crippen LogP contribution in [0.1, 0.15) is 24.4 Å². The molecular formula is C13H18N2O2. The van der Waals surface area contributed by atoms with E-state index in [1.165, 1.54) is 0 Å². The normalized spacial score (nSPS) is 21.1. The van der Waals surface area contributed by atoms with Crippen LogP contribution in [0.25, 0.3) is 0 Å². The number of rotatable bonds is 4. The topological polar surface area (TPSA) is 64.4 Å². The van der Waals surface area contributed by atoms with Crippen molar-refractivity contribution in [2.45, 2.75) is 25.0 Å². The Balaban J connectivity index is 2.14. The lowest BCUT2D eigenvalue weighted by atomic mass is 9.99. The molecule has 1 saturated heterocycles. The first-order valence-electron chi connectivity index (χ1n) is 5.97. The number of carbonyl (C=O) groups excluding carboxylic acids is 1. The third-order valence-electron chi connectivity index (χ3n) is 3.00. The van der Waals surface area contributed by atoms with Crippen molar-refractivity contribution in [3.05, 3.63) is 35.9 Å². The van der Waals surface area contributed by atoms with E-state index in [9.17, 15) is 4.79 Å². The van der Waals surface area contributed by atoms with E-state index in [-0.39, 0.29) is 24.6 Å². The van der Waals surface area contributed by atoms with Gasteiger partial charge in [-0.05, 0) is 18.4 Å². The molecule has 2 atom stereocenters. The fraction of sp³-hybridized carbons (Fsp3) is 0.462. The van der Waals surface area contributed by atoms with Crippen LogP contribution < -0.4 is 11.1 Å². The maximum absolute atomic E-state index is 11.5. The van der Waals surface area contributed by atoms with Gasteiger partial charge in [0.1, 0.15) is 0 Å². The van der Waals surface area contributed by atoms with Crippen molar-refractivity contribution in [1.82, 2.24) is 5.32 Å². The molecule has 4 heteroatoms. The Morgan fingerprint density at radius 1 is 1.47 bits per heavy atom. The van der Waals surface area contributed by atoms with Crippen LogP contribution in [0.5, 0.6) is 0 Å². The van der Waals surface area contributed by atoms with Crippen LogP contribution in [0.3, 0.4) is 0 Å². The molecule has 0 saturated carbocycles. The van der Waals surface area contributed by atoms with Crippen molar-refractivity contribution in [3.8, 4) is 0 Å². The molecule has 1 fully saturated rings. The summed E-state index contributed by atoms with van der Waals surface area (Å²) < 4.78 is 5.66. The van der Waals surface area contributed by atoms with Gasteiger partial charge in [-0.3, -0.25) is 4.79 Å². The molecule has 1 aromatic carbocycles. The minimum absolute atomic E-state index is 0.00997. The molecule has 2 unspecified atom stereocenters. The van der Waals surface area contributed by atoms with E-state index in [1.807, 2.05) is 30.3 Å². The minimum atomic E-state index is -0.144. The zero-order valence-corrected chi connectivity index (χ0v) is 9.76. The highest BCUT2D eigenvalue weighted by Gasteiger charge is 2.28. The number of hydrogen-bond acceptors (Lipinski definition) is 3. The van der Waals surface area contributed by atoms with Crippen LogP contribution in [0.2, 0.25) is 0 Å². The quantitative estimate of drug-likeness (QED) is 0.816. The molecule has 1 aliphatic rings. The smallest absolute Gasteiger partial charge is 0.234 e. The summed E-state index contributed by atoms with van der Waals surface area (Å²) in [7, 11) is 0. The number of carbonyl (C=O) groups is 1. The Bertz CT molecular complexity index is 361. The van der Waals surface area contributed by atoms with E-state index in [1.54, 1.807) is 0 Å². The minimum Gasteiger partial charge on any atom is -0.376 e. The van der Waals surface area contributed by atoms with Crippen LogP contribution >= 0.6 is 0 Å². The molecule has 0 aliphatic carbocycles. The summed E-state index contributed by atoms with van der Waals surface area (Å²) in [5.74, 6) is -0.144. The zero-order chi connectivity index (χ0) is 12.1. The van der Waals surface area contributed by atoms with Crippen molar-refractivity contribution in [2.75, 3.05) is 13.2 Å². The van der Waals surface area contributed by atoms with Crippen LogP contribution in [0, 0.1) is 0 Å². The van der Waals surface area contributed by atoms with Gasteiger partial charge in [-0.15, -0.1) is 0 Å². The number of ether oxygens (including phenoxy) is 1. The number of amides is 1. The van der Waals surface area contributed by atoms with Crippen LogP contribution in [-0.4, -0.2) is 25.2 Å². The van der Waals surface area contributed by atoms with Crippen molar-refractivity contribution < 1.29 is 9.53 Å². The standard InChI is InChI=1S/C13H18N2O2/c14-9-12(16)15-13(11-7-4-8-17-11)10-5-2-1-3-6-10/h1-3,5-6,11,13H,4,7-9,14H2,(H,15,16). The van der Waals surface area contributed by atoms with Crippen molar-refractivity contribution in [2.24, 2.45) is 5.73 Å². The second-order valence-corrected chi connectivity index (χ2v) is 4.21. The molecule has 1 aliphatic heterocycles. The third kappa shape index (κ3) is 3.05. The summed E-state index contributed by atoms with van der Waals surface area (Å²) in [6.07, 6.45) is 2.09. The summed E-state index contributed by atoms with van der Waals surface area (Å²) >= 11 is 0. The summed E-state index contributed by atoms with van der Waals surface area (Å²) in [6, 6.07) is 9.81. The summed E-state index contributed by atoms with van der Waals surface area (Å²) in [5.41, 5.74) is 6.41. The van der Waals surface area contributed by atoms with Gasteiger partial charge in [0.05, 0.1) is 18.7 Å². The predicted molar refractivity (Wildman–Crippen MR) is 65.4 cm³/mol. The van der Waals surface area contributed by atoms with Gasteiger partial charge >= 0.3 is 0 Å². The lowest BCUT2D eigenvalue weighted by molar-refractivity contribution is -0.121. The van der Waals surface area contributed by atoms with Gasteiger partial charge < -0.3 is 15.8 Å². The Labute approximate surface area is 101 Å². The van der Waals surface area contributed by atoms with E-state index in [0.29, 0.717) is 0 Å². The molecule has 1 amide bonds. The highest BCUT2D eigenvalue weighted by atomic mass is 16.5. The molecule has 3 N–H and O–H groups in total. The Morgan fingerprint density at radius 2 is 2.24 bits per heavy atom. The van der Waals surface area contributed by atoms with E-state index in [0.717, 1.165) is 25.0 Å². The van der Waals surface area contributed by atoms with Gasteiger partial charge in [0.25, 0.3) is 0 Å². The van der Waals surface area contributed by atoms with Crippen molar-refractivity contribution in [1.29, 1.82) is 0 Å². The van der Waals surface area contributed by atoms with Gasteiger partial charge in [-0.1, -0.05) is 30.3 Å². The Kier molecular flexibility index (Phi) is 4.12. The lowest BCUT2D eigenvalue weighted by Crippen LogP contribution is -2.39. The van der Waals surface area contributed by atoms with Gasteiger partial charge in [0, 0.05) is 6.61 Å². The van der Waals surface area contributed by atoms with E-state index < -0.39 is 0 Å². The second kappa shape index (κ2) is 5.80. The SMILES string of the molecule is NCC(=O)NC(c1ccccc1)C1CCCO1. The monoisotopic (exact) mass is 234 g/mol. The molecule has 92 valence electrons.